The smallest absolute Gasteiger partial charge is 0.277 e. The van der Waals surface area contributed by atoms with E-state index in [-0.39, 0.29) is 12.3 Å². The van der Waals surface area contributed by atoms with Crippen molar-refractivity contribution in [3.63, 3.8) is 0 Å². The number of nitrogens with zero attached hydrogens (tertiary/aromatic N) is 1. The van der Waals surface area contributed by atoms with Crippen LogP contribution in [-0.4, -0.2) is 53.5 Å². The van der Waals surface area contributed by atoms with Crippen LogP contribution in [0.5, 0.6) is 0 Å². The third-order valence-electron chi connectivity index (χ3n) is 3.65. The first-order valence-electron chi connectivity index (χ1n) is 9.14. The number of hydroxylamine groups is 1. The molecule has 0 saturated carbocycles. The molecule has 0 spiro atoms. The van der Waals surface area contributed by atoms with Gasteiger partial charge in [0.2, 0.25) is 0 Å². The van der Waals surface area contributed by atoms with Crippen molar-refractivity contribution in [2.75, 3.05) is 31.7 Å². The molecule has 13 heteroatoms. The molecule has 0 saturated heterocycles. The first kappa shape index (κ1) is 25.5. The van der Waals surface area contributed by atoms with Gasteiger partial charge in [-0.05, 0) is 23.1 Å². The topological polar surface area (TPSA) is 121 Å². The Hall–Kier alpha value is -2.78. The monoisotopic (exact) mass is 568 g/mol. The molecular weight excluding hydrogens is 548 g/mol. The van der Waals surface area contributed by atoms with Crippen molar-refractivity contribution >= 4 is 48.5 Å². The number of allylic oxidation sites excluding steroid dienone is 2. The van der Waals surface area contributed by atoms with Crippen LogP contribution in [0.3, 0.4) is 0 Å². The van der Waals surface area contributed by atoms with Crippen LogP contribution in [-0.2, 0) is 14.5 Å². The van der Waals surface area contributed by atoms with Gasteiger partial charge in [0.1, 0.15) is 0 Å². The average Bonchev–Trinajstić information content (AvgIpc) is 2.77. The van der Waals surface area contributed by atoms with Gasteiger partial charge in [-0.3, -0.25) is 14.4 Å². The first-order valence-corrected chi connectivity index (χ1v) is 11.6. The molecule has 1 aliphatic heterocycles. The normalized spacial score (nSPS) is 13.2. The summed E-state index contributed by atoms with van der Waals surface area (Å²) in [4.78, 5) is 33.2. The molecule has 2 rings (SSSR count). The van der Waals surface area contributed by atoms with Gasteiger partial charge in [-0.15, -0.1) is 0 Å². The van der Waals surface area contributed by atoms with E-state index in [0.717, 1.165) is 12.3 Å². The summed E-state index contributed by atoms with van der Waals surface area (Å²) in [6, 6.07) is 0.943. The van der Waals surface area contributed by atoms with E-state index in [1.54, 1.807) is 11.0 Å². The van der Waals surface area contributed by atoms with Crippen molar-refractivity contribution in [3.8, 4) is 0 Å². The minimum Gasteiger partial charge on any atom is -0.394 e. The number of anilines is 1. The molecule has 1 aliphatic rings. The Bertz CT molecular complexity index is 982. The van der Waals surface area contributed by atoms with Crippen molar-refractivity contribution in [2.24, 2.45) is 5.16 Å². The summed E-state index contributed by atoms with van der Waals surface area (Å²) in [5.74, 6) is -4.98. The minimum absolute atomic E-state index is 0.147. The Balaban J connectivity index is 2.36. The highest BCUT2D eigenvalue weighted by Gasteiger charge is 2.24. The van der Waals surface area contributed by atoms with Gasteiger partial charge in [-0.25, -0.2) is 18.7 Å². The van der Waals surface area contributed by atoms with Gasteiger partial charge in [0.15, 0.2) is 24.1 Å². The van der Waals surface area contributed by atoms with E-state index in [4.69, 9.17) is 14.8 Å². The Kier molecular flexibility index (Phi) is 10.3. The third kappa shape index (κ3) is 7.13. The fourth-order valence-electron chi connectivity index (χ4n) is 2.26. The van der Waals surface area contributed by atoms with E-state index in [1.165, 1.54) is 10.1 Å². The maximum Gasteiger partial charge on any atom is 0.277 e. The van der Waals surface area contributed by atoms with Gasteiger partial charge >= 0.3 is 0 Å². The molecule has 1 aromatic carbocycles. The highest BCUT2D eigenvalue weighted by Crippen LogP contribution is 2.29. The van der Waals surface area contributed by atoms with Crippen LogP contribution >= 0.6 is 20.7 Å². The van der Waals surface area contributed by atoms with E-state index in [2.05, 4.69) is 15.8 Å². The molecule has 0 fully saturated rings. The summed E-state index contributed by atoms with van der Waals surface area (Å²) in [7, 11) is 0. The Labute approximate surface area is 191 Å². The van der Waals surface area contributed by atoms with Crippen LogP contribution in [0.25, 0.3) is 0 Å². The molecule has 1 heterocycles. The van der Waals surface area contributed by atoms with Crippen LogP contribution in [0.2, 0.25) is 0 Å². The lowest BCUT2D eigenvalue weighted by Crippen LogP contribution is -2.27. The summed E-state index contributed by atoms with van der Waals surface area (Å²) in [6.45, 7) is 0.988. The predicted molar refractivity (Wildman–Crippen MR) is 120 cm³/mol. The number of oxime groups is 1. The van der Waals surface area contributed by atoms with Crippen LogP contribution in [0.15, 0.2) is 32.9 Å². The molecule has 9 nitrogen and oxygen atoms in total. The largest absolute Gasteiger partial charge is 0.394 e. The Morgan fingerprint density at radius 3 is 2.75 bits per heavy atom. The second-order valence-corrected chi connectivity index (χ2v) is 7.96. The average molecular weight is 568 g/mol. The number of nitrogens with one attached hydrogen (secondary N) is 3. The fourth-order valence-corrected chi connectivity index (χ4v) is 3.69. The van der Waals surface area contributed by atoms with Gasteiger partial charge in [-0.2, -0.15) is 0 Å². The van der Waals surface area contributed by atoms with E-state index >= 15 is 0 Å². The van der Waals surface area contributed by atoms with Crippen molar-refractivity contribution < 1.29 is 37.5 Å². The summed E-state index contributed by atoms with van der Waals surface area (Å²) in [5, 5.41) is 17.0. The number of likely N-dealkylation sites (N-methyl/N-ethyl adjacent to an activating group) is 1. The number of benzene rings is 1. The molecule has 0 unspecified atom stereocenters. The van der Waals surface area contributed by atoms with Gasteiger partial charge in [0.05, 0.1) is 36.4 Å². The SMILES string of the molecule is CCNC(=O)CO/N=C/c1cc(C(=O)NOCCO)c(NC2=C(F)C=IC=C2)c(F)c1F. The quantitative estimate of drug-likeness (QED) is 0.140. The number of halogens is 4. The second kappa shape index (κ2) is 12.9. The highest BCUT2D eigenvalue weighted by atomic mass is 127. The third-order valence-corrected chi connectivity index (χ3v) is 5.33. The minimum atomic E-state index is -1.47. The molecule has 0 bridgehead atoms. The number of aliphatic hydroxyl groups is 1. The van der Waals surface area contributed by atoms with E-state index < -0.39 is 80.0 Å². The summed E-state index contributed by atoms with van der Waals surface area (Å²) < 4.78 is 46.5. The summed E-state index contributed by atoms with van der Waals surface area (Å²) in [6.07, 6.45) is 2.15. The standard InChI is InChI=1S/C19H20F3IN4O5/c1-2-24-15(29)10-32-25-9-11-7-12(19(30)27-31-6-5-28)18(17(22)16(11)21)26-14-3-4-23-8-13(14)20/h3-4,7-9,26,28H,2,5-6,10H2,1H3,(H,24,29)(H,27,30)/b25-9+. The lowest BCUT2D eigenvalue weighted by Gasteiger charge is -2.16. The van der Waals surface area contributed by atoms with E-state index in [1.807, 2.05) is 5.48 Å². The lowest BCUT2D eigenvalue weighted by molar-refractivity contribution is -0.125. The zero-order chi connectivity index (χ0) is 23.5. The van der Waals surface area contributed by atoms with E-state index in [9.17, 15) is 22.8 Å². The van der Waals surface area contributed by atoms with Crippen LogP contribution in [0, 0.1) is 11.6 Å². The number of hydrogen-bond donors (Lipinski definition) is 4. The van der Waals surface area contributed by atoms with Crippen molar-refractivity contribution in [3.05, 3.63) is 50.5 Å². The first-order chi connectivity index (χ1) is 15.4. The number of amides is 2. The van der Waals surface area contributed by atoms with Gasteiger partial charge in [0.25, 0.3) is 11.8 Å². The molecule has 0 aromatic heterocycles. The van der Waals surface area contributed by atoms with Gasteiger partial charge in [-0.1, -0.05) is 25.9 Å². The fraction of sp³-hybridized carbons (Fsp3) is 0.263. The zero-order valence-corrected chi connectivity index (χ0v) is 18.9. The molecular formula is C19H20F3IN4O5. The molecule has 0 radical (unpaired) electrons. The van der Waals surface area contributed by atoms with Crippen molar-refractivity contribution in [1.29, 1.82) is 0 Å². The number of carbonyl (C=O) groups excluding carboxylic acids is 2. The molecule has 0 aliphatic carbocycles. The Morgan fingerprint density at radius 1 is 1.28 bits per heavy atom. The number of rotatable bonds is 11. The Morgan fingerprint density at radius 2 is 2.06 bits per heavy atom. The maximum atomic E-state index is 14.9. The summed E-state index contributed by atoms with van der Waals surface area (Å²) in [5.41, 5.74) is 0.297. The van der Waals surface area contributed by atoms with Crippen molar-refractivity contribution in [1.82, 2.24) is 10.8 Å². The summed E-state index contributed by atoms with van der Waals surface area (Å²) >= 11 is -0.625. The lowest BCUT2D eigenvalue weighted by atomic mass is 10.1. The predicted octanol–water partition coefficient (Wildman–Crippen LogP) is 2.00. The maximum absolute atomic E-state index is 14.9. The zero-order valence-electron chi connectivity index (χ0n) is 16.8. The number of aliphatic hydroxyl groups excluding tert-OH is 1. The molecule has 174 valence electrons. The highest BCUT2D eigenvalue weighted by molar-refractivity contribution is 14.2. The second-order valence-electron chi connectivity index (χ2n) is 5.90. The van der Waals surface area contributed by atoms with Crippen molar-refractivity contribution in [2.45, 2.75) is 6.92 Å². The number of hydrogen-bond acceptors (Lipinski definition) is 7. The molecule has 1 aromatic rings. The number of carbonyl (C=O) groups is 2. The molecule has 32 heavy (non-hydrogen) atoms. The van der Waals surface area contributed by atoms with Crippen LogP contribution < -0.4 is 16.1 Å². The molecule has 4 N–H and O–H groups in total. The van der Waals surface area contributed by atoms with E-state index in [0.29, 0.717) is 6.54 Å². The van der Waals surface area contributed by atoms with Gasteiger partial charge in [0, 0.05) is 16.1 Å². The van der Waals surface area contributed by atoms with Crippen LogP contribution in [0.4, 0.5) is 18.9 Å². The molecule has 2 amide bonds. The van der Waals surface area contributed by atoms with Crippen LogP contribution in [0.1, 0.15) is 22.8 Å². The molecule has 0 atom stereocenters. The van der Waals surface area contributed by atoms with Gasteiger partial charge < -0.3 is 20.6 Å².